The molecule has 3 unspecified atom stereocenters. The number of rotatable bonds is 6. The van der Waals surface area contributed by atoms with E-state index in [0.29, 0.717) is 16.9 Å². The third-order valence-electron chi connectivity index (χ3n) is 4.94. The van der Waals surface area contributed by atoms with Gasteiger partial charge in [-0.05, 0) is 19.9 Å². The Morgan fingerprint density at radius 2 is 1.79 bits per heavy atom. The number of methoxy groups -OCH3 is 1. The van der Waals surface area contributed by atoms with Gasteiger partial charge in [0, 0.05) is 17.7 Å². The van der Waals surface area contributed by atoms with Crippen LogP contribution in [0, 0.1) is 12.8 Å². The minimum atomic E-state index is -1.19. The third kappa shape index (κ3) is 3.55. The van der Waals surface area contributed by atoms with Gasteiger partial charge in [0.1, 0.15) is 11.7 Å². The summed E-state index contributed by atoms with van der Waals surface area (Å²) in [6, 6.07) is 13.1. The van der Waals surface area contributed by atoms with E-state index in [-0.39, 0.29) is 6.54 Å². The number of benzene rings is 2. The van der Waals surface area contributed by atoms with Crippen LogP contribution in [0.15, 0.2) is 48.5 Å². The van der Waals surface area contributed by atoms with Gasteiger partial charge < -0.3 is 14.7 Å². The fourth-order valence-corrected chi connectivity index (χ4v) is 3.62. The van der Waals surface area contributed by atoms with E-state index in [1.165, 1.54) is 18.9 Å². The van der Waals surface area contributed by atoms with Gasteiger partial charge in [0.2, 0.25) is 5.78 Å². The number of carbonyl (C=O) groups is 3. The highest BCUT2D eigenvalue weighted by Gasteiger charge is 2.52. The Morgan fingerprint density at radius 1 is 1.14 bits per heavy atom. The summed E-state index contributed by atoms with van der Waals surface area (Å²) in [5.41, 5.74) is 1.92. The van der Waals surface area contributed by atoms with Crippen molar-refractivity contribution < 1.29 is 24.2 Å². The van der Waals surface area contributed by atoms with E-state index < -0.39 is 35.5 Å². The predicted molar refractivity (Wildman–Crippen MR) is 103 cm³/mol. The Kier molecular flexibility index (Phi) is 5.61. The van der Waals surface area contributed by atoms with E-state index >= 15 is 0 Å². The number of Topliss-reactive ketones (excluding diaryl/α,β-unsaturated/α-hetero) is 2. The summed E-state index contributed by atoms with van der Waals surface area (Å²) in [6.07, 6.45) is -0.845. The monoisotopic (exact) mass is 381 g/mol. The number of ether oxygens (including phenoxy) is 1. The lowest BCUT2D eigenvalue weighted by atomic mass is 9.85. The zero-order chi connectivity index (χ0) is 20.4. The normalized spacial score (nSPS) is 20.4. The smallest absolute Gasteiger partial charge is 0.291 e. The van der Waals surface area contributed by atoms with Crippen molar-refractivity contribution in [2.45, 2.75) is 26.0 Å². The molecule has 0 aliphatic carbocycles. The van der Waals surface area contributed by atoms with Gasteiger partial charge in [-0.1, -0.05) is 48.0 Å². The molecule has 6 nitrogen and oxygen atoms in total. The molecule has 1 heterocycles. The Labute approximate surface area is 163 Å². The zero-order valence-corrected chi connectivity index (χ0v) is 16.1. The van der Waals surface area contributed by atoms with Crippen molar-refractivity contribution in [3.05, 3.63) is 65.2 Å². The number of aryl methyl sites for hydroxylation is 1. The van der Waals surface area contributed by atoms with Crippen LogP contribution in [0.4, 0.5) is 0 Å². The average Bonchev–Trinajstić information content (AvgIpc) is 2.92. The fourth-order valence-electron chi connectivity index (χ4n) is 3.62. The average molecular weight is 381 g/mol. The van der Waals surface area contributed by atoms with Crippen molar-refractivity contribution in [3.63, 3.8) is 0 Å². The topological polar surface area (TPSA) is 83.9 Å². The van der Waals surface area contributed by atoms with Crippen LogP contribution in [-0.4, -0.2) is 47.2 Å². The molecule has 0 saturated carbocycles. The van der Waals surface area contributed by atoms with Crippen LogP contribution in [0.2, 0.25) is 0 Å². The molecule has 28 heavy (non-hydrogen) atoms. The predicted octanol–water partition coefficient (Wildman–Crippen LogP) is 2.34. The van der Waals surface area contributed by atoms with E-state index in [1.807, 2.05) is 6.92 Å². The second-order valence-electron chi connectivity index (χ2n) is 7.07. The number of aliphatic hydroxyl groups is 1. The van der Waals surface area contributed by atoms with Gasteiger partial charge >= 0.3 is 0 Å². The van der Waals surface area contributed by atoms with Crippen LogP contribution in [0.3, 0.4) is 0 Å². The minimum Gasteiger partial charge on any atom is -0.496 e. The van der Waals surface area contributed by atoms with Crippen LogP contribution >= 0.6 is 0 Å². The molecule has 0 bridgehead atoms. The molecule has 1 fully saturated rings. The van der Waals surface area contributed by atoms with Crippen LogP contribution in [0.5, 0.6) is 5.75 Å². The number of hydrogen-bond donors (Lipinski definition) is 1. The highest BCUT2D eigenvalue weighted by atomic mass is 16.5. The first-order chi connectivity index (χ1) is 13.3. The molecule has 2 aromatic rings. The maximum absolute atomic E-state index is 13.2. The lowest BCUT2D eigenvalue weighted by molar-refractivity contribution is -0.141. The number of carbonyl (C=O) groups excluding carboxylic acids is 3. The summed E-state index contributed by atoms with van der Waals surface area (Å²) in [5, 5.41) is 9.86. The molecule has 0 radical (unpaired) electrons. The van der Waals surface area contributed by atoms with Crippen molar-refractivity contribution in [1.29, 1.82) is 0 Å². The molecule has 0 spiro atoms. The quantitative estimate of drug-likeness (QED) is 0.472. The van der Waals surface area contributed by atoms with E-state index in [0.717, 1.165) is 5.56 Å². The summed E-state index contributed by atoms with van der Waals surface area (Å²) in [5.74, 6) is -2.65. The van der Waals surface area contributed by atoms with Gasteiger partial charge in [-0.25, -0.2) is 0 Å². The molecular formula is C22H23NO5. The first-order valence-electron chi connectivity index (χ1n) is 9.11. The first-order valence-corrected chi connectivity index (χ1v) is 9.11. The highest BCUT2D eigenvalue weighted by Crippen LogP contribution is 2.41. The van der Waals surface area contributed by atoms with Crippen molar-refractivity contribution in [2.75, 3.05) is 13.7 Å². The van der Waals surface area contributed by atoms with E-state index in [4.69, 9.17) is 4.74 Å². The molecular weight excluding hydrogens is 358 g/mol. The summed E-state index contributed by atoms with van der Waals surface area (Å²) in [4.78, 5) is 40.0. The van der Waals surface area contributed by atoms with Crippen LogP contribution in [0.25, 0.3) is 0 Å². The number of ketones is 2. The van der Waals surface area contributed by atoms with E-state index in [9.17, 15) is 19.5 Å². The summed E-state index contributed by atoms with van der Waals surface area (Å²) in [7, 11) is 1.49. The Bertz CT molecular complexity index is 903. The van der Waals surface area contributed by atoms with Crippen molar-refractivity contribution in [2.24, 2.45) is 5.92 Å². The Hall–Kier alpha value is -2.99. The second kappa shape index (κ2) is 7.94. The van der Waals surface area contributed by atoms with Gasteiger partial charge in [-0.3, -0.25) is 14.4 Å². The first kappa shape index (κ1) is 19.8. The molecule has 1 amide bonds. The molecule has 1 aliphatic rings. The largest absolute Gasteiger partial charge is 0.496 e. The molecule has 6 heteroatoms. The maximum atomic E-state index is 13.2. The number of β-amino-alcohol motifs (C(OH)–C–C–N with tert-alkyl or cyclic N) is 1. The van der Waals surface area contributed by atoms with Crippen molar-refractivity contribution in [1.82, 2.24) is 4.90 Å². The van der Waals surface area contributed by atoms with E-state index in [2.05, 4.69) is 0 Å². The number of hydrogen-bond acceptors (Lipinski definition) is 5. The number of likely N-dealkylation sites (tertiary alicyclic amines) is 1. The summed E-state index contributed by atoms with van der Waals surface area (Å²) >= 11 is 0. The number of nitrogens with zero attached hydrogens (tertiary/aromatic N) is 1. The standard InChI is InChI=1S/C22H23NO5/c1-13-8-10-15(11-9-13)20(25)18-19(16-6-4-5-7-17(16)28-3)23(12-14(2)24)22(27)21(18)26/h4-11,14,18-19,24H,12H2,1-3H3. The molecule has 1 N–H and O–H groups in total. The second-order valence-corrected chi connectivity index (χ2v) is 7.07. The Balaban J connectivity index is 2.12. The van der Waals surface area contributed by atoms with Gasteiger partial charge in [0.25, 0.3) is 5.91 Å². The molecule has 2 aromatic carbocycles. The minimum absolute atomic E-state index is 0.0506. The lowest BCUT2D eigenvalue weighted by Gasteiger charge is -2.29. The zero-order valence-electron chi connectivity index (χ0n) is 16.1. The van der Waals surface area contributed by atoms with Crippen LogP contribution in [-0.2, 0) is 9.59 Å². The van der Waals surface area contributed by atoms with Crippen LogP contribution in [0.1, 0.15) is 34.5 Å². The van der Waals surface area contributed by atoms with E-state index in [1.54, 1.807) is 48.5 Å². The molecule has 3 atom stereocenters. The van der Waals surface area contributed by atoms with Gasteiger partial charge in [-0.2, -0.15) is 0 Å². The summed E-state index contributed by atoms with van der Waals surface area (Å²) < 4.78 is 5.41. The molecule has 1 saturated heterocycles. The summed E-state index contributed by atoms with van der Waals surface area (Å²) in [6.45, 7) is 3.39. The van der Waals surface area contributed by atoms with Crippen LogP contribution < -0.4 is 4.74 Å². The van der Waals surface area contributed by atoms with Crippen molar-refractivity contribution >= 4 is 17.5 Å². The SMILES string of the molecule is COc1ccccc1C1C(C(=O)c2ccc(C)cc2)C(=O)C(=O)N1CC(C)O. The maximum Gasteiger partial charge on any atom is 0.291 e. The number of para-hydroxylation sites is 1. The van der Waals surface area contributed by atoms with Gasteiger partial charge in [0.05, 0.1) is 19.3 Å². The molecule has 0 aromatic heterocycles. The Morgan fingerprint density at radius 3 is 2.39 bits per heavy atom. The van der Waals surface area contributed by atoms with Gasteiger partial charge in [0.15, 0.2) is 5.78 Å². The molecule has 146 valence electrons. The number of aliphatic hydroxyl groups excluding tert-OH is 1. The highest BCUT2D eigenvalue weighted by molar-refractivity contribution is 6.44. The number of amides is 1. The lowest BCUT2D eigenvalue weighted by Crippen LogP contribution is -2.36. The van der Waals surface area contributed by atoms with Gasteiger partial charge in [-0.15, -0.1) is 0 Å². The molecule has 1 aliphatic heterocycles. The third-order valence-corrected chi connectivity index (χ3v) is 4.94. The fraction of sp³-hybridized carbons (Fsp3) is 0.318. The van der Waals surface area contributed by atoms with Crippen molar-refractivity contribution in [3.8, 4) is 5.75 Å². The molecule has 3 rings (SSSR count).